The molecule has 2 unspecified atom stereocenters. The standard InChI is InChI=1S/C9H18N4O/c1-3-4-8(10)9-6-13(12-11-9)5-7(2)14/h6-8,14H,3-5,10H2,1-2H3. The van der Waals surface area contributed by atoms with Crippen molar-refractivity contribution in [3.8, 4) is 0 Å². The van der Waals surface area contributed by atoms with Crippen LogP contribution in [0.15, 0.2) is 6.20 Å². The fourth-order valence-corrected chi connectivity index (χ4v) is 1.30. The van der Waals surface area contributed by atoms with E-state index in [1.54, 1.807) is 17.8 Å². The third-order valence-corrected chi connectivity index (χ3v) is 1.99. The second-order valence-electron chi connectivity index (χ2n) is 3.61. The molecule has 0 bridgehead atoms. The number of hydrogen-bond donors (Lipinski definition) is 2. The predicted molar refractivity (Wildman–Crippen MR) is 53.5 cm³/mol. The Morgan fingerprint density at radius 2 is 2.36 bits per heavy atom. The van der Waals surface area contributed by atoms with E-state index in [4.69, 9.17) is 10.8 Å². The molecule has 0 saturated heterocycles. The summed E-state index contributed by atoms with van der Waals surface area (Å²) < 4.78 is 1.62. The van der Waals surface area contributed by atoms with Crippen molar-refractivity contribution in [1.82, 2.24) is 15.0 Å². The van der Waals surface area contributed by atoms with Gasteiger partial charge in [0, 0.05) is 0 Å². The molecule has 0 aliphatic rings. The maximum absolute atomic E-state index is 9.14. The van der Waals surface area contributed by atoms with Crippen LogP contribution in [0.1, 0.15) is 38.4 Å². The van der Waals surface area contributed by atoms with Gasteiger partial charge in [0.25, 0.3) is 0 Å². The first-order valence-electron chi connectivity index (χ1n) is 4.97. The van der Waals surface area contributed by atoms with E-state index in [0.717, 1.165) is 18.5 Å². The lowest BCUT2D eigenvalue weighted by Gasteiger charge is -2.05. The van der Waals surface area contributed by atoms with Gasteiger partial charge in [-0.3, -0.25) is 0 Å². The Balaban J connectivity index is 2.58. The number of aliphatic hydroxyl groups excluding tert-OH is 1. The molecule has 2 atom stereocenters. The molecule has 1 aromatic heterocycles. The van der Waals surface area contributed by atoms with Crippen molar-refractivity contribution in [2.75, 3.05) is 0 Å². The van der Waals surface area contributed by atoms with Gasteiger partial charge in [0.1, 0.15) is 0 Å². The minimum absolute atomic E-state index is 0.0391. The summed E-state index contributed by atoms with van der Waals surface area (Å²) >= 11 is 0. The molecule has 1 heterocycles. The molecule has 0 amide bonds. The van der Waals surface area contributed by atoms with Crippen LogP contribution in [0.5, 0.6) is 0 Å². The Labute approximate surface area is 83.9 Å². The molecule has 0 aliphatic carbocycles. The molecule has 80 valence electrons. The summed E-state index contributed by atoms with van der Waals surface area (Å²) in [4.78, 5) is 0. The summed E-state index contributed by atoms with van der Waals surface area (Å²) in [5, 5.41) is 17.0. The molecule has 0 spiro atoms. The van der Waals surface area contributed by atoms with Gasteiger partial charge in [0.15, 0.2) is 0 Å². The highest BCUT2D eigenvalue weighted by Crippen LogP contribution is 2.11. The van der Waals surface area contributed by atoms with Crippen LogP contribution in [0.2, 0.25) is 0 Å². The summed E-state index contributed by atoms with van der Waals surface area (Å²) in [6.45, 7) is 4.26. The number of nitrogens with two attached hydrogens (primary N) is 1. The first-order valence-corrected chi connectivity index (χ1v) is 4.97. The molecule has 5 heteroatoms. The fraction of sp³-hybridized carbons (Fsp3) is 0.778. The zero-order valence-corrected chi connectivity index (χ0v) is 8.72. The lowest BCUT2D eigenvalue weighted by atomic mass is 10.1. The molecule has 1 rings (SSSR count). The van der Waals surface area contributed by atoms with Crippen molar-refractivity contribution in [1.29, 1.82) is 0 Å². The SMILES string of the molecule is CCCC(N)c1cn(CC(C)O)nn1. The predicted octanol–water partition coefficient (Wildman–Crippen LogP) is 0.459. The smallest absolute Gasteiger partial charge is 0.0994 e. The Kier molecular flexibility index (Phi) is 4.03. The quantitative estimate of drug-likeness (QED) is 0.720. The van der Waals surface area contributed by atoms with Crippen molar-refractivity contribution < 1.29 is 5.11 Å². The van der Waals surface area contributed by atoms with Crippen LogP contribution in [-0.4, -0.2) is 26.2 Å². The van der Waals surface area contributed by atoms with Crippen LogP contribution in [-0.2, 0) is 6.54 Å². The van der Waals surface area contributed by atoms with E-state index in [-0.39, 0.29) is 6.04 Å². The van der Waals surface area contributed by atoms with Crippen LogP contribution in [0.25, 0.3) is 0 Å². The van der Waals surface area contributed by atoms with Crippen LogP contribution in [0, 0.1) is 0 Å². The second kappa shape index (κ2) is 5.07. The number of aromatic nitrogens is 3. The average Bonchev–Trinajstić information content (AvgIpc) is 2.52. The van der Waals surface area contributed by atoms with Crippen molar-refractivity contribution in [3.63, 3.8) is 0 Å². The highest BCUT2D eigenvalue weighted by Gasteiger charge is 2.09. The topological polar surface area (TPSA) is 77.0 Å². The summed E-state index contributed by atoms with van der Waals surface area (Å²) in [5.41, 5.74) is 6.67. The first kappa shape index (κ1) is 11.1. The van der Waals surface area contributed by atoms with Gasteiger partial charge in [0.05, 0.1) is 30.6 Å². The van der Waals surface area contributed by atoms with Gasteiger partial charge in [-0.2, -0.15) is 0 Å². The average molecular weight is 198 g/mol. The molecule has 5 nitrogen and oxygen atoms in total. The molecular formula is C9H18N4O. The van der Waals surface area contributed by atoms with Gasteiger partial charge < -0.3 is 10.8 Å². The maximum atomic E-state index is 9.14. The molecule has 14 heavy (non-hydrogen) atoms. The molecule has 0 radical (unpaired) electrons. The van der Waals surface area contributed by atoms with Gasteiger partial charge in [-0.1, -0.05) is 18.6 Å². The summed E-state index contributed by atoms with van der Waals surface area (Å²) in [6.07, 6.45) is 3.33. The third kappa shape index (κ3) is 3.08. The van der Waals surface area contributed by atoms with Crippen LogP contribution in [0.3, 0.4) is 0 Å². The number of hydrogen-bond acceptors (Lipinski definition) is 4. The Bertz CT molecular complexity index is 272. The van der Waals surface area contributed by atoms with E-state index < -0.39 is 6.10 Å². The minimum atomic E-state index is -0.410. The summed E-state index contributed by atoms with van der Waals surface area (Å²) in [5.74, 6) is 0. The van der Waals surface area contributed by atoms with Crippen molar-refractivity contribution >= 4 is 0 Å². The van der Waals surface area contributed by atoms with E-state index >= 15 is 0 Å². The monoisotopic (exact) mass is 198 g/mol. The Morgan fingerprint density at radius 1 is 1.64 bits per heavy atom. The normalized spacial score (nSPS) is 15.4. The number of nitrogens with zero attached hydrogens (tertiary/aromatic N) is 3. The molecular weight excluding hydrogens is 180 g/mol. The molecule has 0 saturated carbocycles. The largest absolute Gasteiger partial charge is 0.391 e. The minimum Gasteiger partial charge on any atom is -0.391 e. The van der Waals surface area contributed by atoms with E-state index in [1.165, 1.54) is 0 Å². The first-order chi connectivity index (χ1) is 6.63. The van der Waals surface area contributed by atoms with Gasteiger partial charge in [-0.25, -0.2) is 4.68 Å². The summed E-state index contributed by atoms with van der Waals surface area (Å²) in [6, 6.07) is -0.0391. The van der Waals surface area contributed by atoms with Crippen molar-refractivity contribution in [2.45, 2.75) is 45.4 Å². The van der Waals surface area contributed by atoms with Crippen molar-refractivity contribution in [2.24, 2.45) is 5.73 Å². The Morgan fingerprint density at radius 3 is 2.93 bits per heavy atom. The van der Waals surface area contributed by atoms with E-state index in [1.807, 2.05) is 0 Å². The van der Waals surface area contributed by atoms with Crippen LogP contribution in [0.4, 0.5) is 0 Å². The summed E-state index contributed by atoms with van der Waals surface area (Å²) in [7, 11) is 0. The molecule has 1 aromatic rings. The lowest BCUT2D eigenvalue weighted by molar-refractivity contribution is 0.167. The van der Waals surface area contributed by atoms with E-state index in [2.05, 4.69) is 17.2 Å². The van der Waals surface area contributed by atoms with Crippen LogP contribution < -0.4 is 5.73 Å². The number of aliphatic hydroxyl groups is 1. The van der Waals surface area contributed by atoms with Gasteiger partial charge in [0.2, 0.25) is 0 Å². The van der Waals surface area contributed by atoms with Crippen LogP contribution >= 0.6 is 0 Å². The van der Waals surface area contributed by atoms with Gasteiger partial charge in [-0.15, -0.1) is 5.10 Å². The highest BCUT2D eigenvalue weighted by atomic mass is 16.3. The molecule has 0 aliphatic heterocycles. The Hall–Kier alpha value is -0.940. The number of rotatable bonds is 5. The lowest BCUT2D eigenvalue weighted by Crippen LogP contribution is -2.12. The zero-order chi connectivity index (χ0) is 10.6. The third-order valence-electron chi connectivity index (χ3n) is 1.99. The second-order valence-corrected chi connectivity index (χ2v) is 3.61. The highest BCUT2D eigenvalue weighted by molar-refractivity contribution is 4.99. The molecule has 0 aromatic carbocycles. The van der Waals surface area contributed by atoms with E-state index in [9.17, 15) is 0 Å². The molecule has 3 N–H and O–H groups in total. The van der Waals surface area contributed by atoms with E-state index in [0.29, 0.717) is 6.54 Å². The van der Waals surface area contributed by atoms with Gasteiger partial charge in [-0.05, 0) is 13.3 Å². The van der Waals surface area contributed by atoms with Crippen molar-refractivity contribution in [3.05, 3.63) is 11.9 Å². The zero-order valence-electron chi connectivity index (χ0n) is 8.72. The molecule has 0 fully saturated rings. The maximum Gasteiger partial charge on any atom is 0.0994 e. The van der Waals surface area contributed by atoms with Gasteiger partial charge >= 0.3 is 0 Å². The fourth-order valence-electron chi connectivity index (χ4n) is 1.30.